The number of hydrogen-bond acceptors (Lipinski definition) is 8. The van der Waals surface area contributed by atoms with Gasteiger partial charge in [0.15, 0.2) is 5.82 Å². The summed E-state index contributed by atoms with van der Waals surface area (Å²) in [5.74, 6) is -4.49. The SMILES string of the molecule is CCc1c(F)ccc2cc(O)cc(-c3c(F)cc4c(N5C=C6C(=O)NC(=O)C6C5)nc(OCC5(CN(C)C)CC5)nc4c3F)c12. The third-order valence-corrected chi connectivity index (χ3v) is 8.87. The van der Waals surface area contributed by atoms with Crippen LogP contribution >= 0.6 is 0 Å². The van der Waals surface area contributed by atoms with Crippen LogP contribution in [0.25, 0.3) is 32.8 Å². The van der Waals surface area contributed by atoms with Gasteiger partial charge in [0.05, 0.1) is 18.1 Å². The van der Waals surface area contributed by atoms with Crippen LogP contribution in [-0.4, -0.2) is 65.6 Å². The maximum absolute atomic E-state index is 16.8. The summed E-state index contributed by atoms with van der Waals surface area (Å²) >= 11 is 0. The van der Waals surface area contributed by atoms with Gasteiger partial charge in [0.25, 0.3) is 5.91 Å². The van der Waals surface area contributed by atoms with E-state index in [0.717, 1.165) is 25.5 Å². The van der Waals surface area contributed by atoms with Crippen molar-refractivity contribution in [3.05, 3.63) is 65.1 Å². The predicted molar refractivity (Wildman–Crippen MR) is 161 cm³/mol. The van der Waals surface area contributed by atoms with Crippen LogP contribution in [-0.2, 0) is 16.0 Å². The Labute approximate surface area is 256 Å². The molecule has 4 aromatic rings. The number of halogens is 3. The Morgan fingerprint density at radius 3 is 2.58 bits per heavy atom. The van der Waals surface area contributed by atoms with Crippen molar-refractivity contribution in [1.82, 2.24) is 20.2 Å². The van der Waals surface area contributed by atoms with Gasteiger partial charge in [-0.05, 0) is 79.5 Å². The van der Waals surface area contributed by atoms with E-state index in [1.54, 1.807) is 6.92 Å². The number of nitrogens with one attached hydrogen (secondary N) is 1. The smallest absolute Gasteiger partial charge is 0.319 e. The number of phenolic OH excluding ortho intramolecular Hbond substituents is 1. The Hall–Kier alpha value is -4.71. The molecule has 2 N–H and O–H groups in total. The quantitative estimate of drug-likeness (QED) is 0.271. The van der Waals surface area contributed by atoms with E-state index < -0.39 is 40.7 Å². The molecule has 1 unspecified atom stereocenters. The molecular weight excluding hydrogens is 587 g/mol. The first kappa shape index (κ1) is 29.0. The molecule has 12 heteroatoms. The van der Waals surface area contributed by atoms with Crippen LogP contribution < -0.4 is 15.0 Å². The molecule has 0 radical (unpaired) electrons. The fraction of sp³-hybridized carbons (Fsp3) is 0.333. The molecule has 2 amide bonds. The lowest BCUT2D eigenvalue weighted by Crippen LogP contribution is -2.29. The van der Waals surface area contributed by atoms with Crippen molar-refractivity contribution in [2.75, 3.05) is 38.7 Å². The number of benzene rings is 3. The monoisotopic (exact) mass is 617 g/mol. The molecule has 1 saturated heterocycles. The van der Waals surface area contributed by atoms with E-state index in [9.17, 15) is 19.1 Å². The third kappa shape index (κ3) is 4.84. The van der Waals surface area contributed by atoms with E-state index in [-0.39, 0.29) is 75.6 Å². The molecule has 1 saturated carbocycles. The van der Waals surface area contributed by atoms with Gasteiger partial charge in [0.2, 0.25) is 5.91 Å². The second-order valence-electron chi connectivity index (χ2n) is 12.4. The highest BCUT2D eigenvalue weighted by atomic mass is 19.1. The van der Waals surface area contributed by atoms with E-state index in [4.69, 9.17) is 4.74 Å². The van der Waals surface area contributed by atoms with Gasteiger partial charge in [0, 0.05) is 35.7 Å². The number of anilines is 1. The molecule has 0 bridgehead atoms. The zero-order valence-electron chi connectivity index (χ0n) is 24.9. The highest BCUT2D eigenvalue weighted by Crippen LogP contribution is 2.47. The van der Waals surface area contributed by atoms with Gasteiger partial charge in [-0.1, -0.05) is 13.0 Å². The Morgan fingerprint density at radius 2 is 1.89 bits per heavy atom. The number of aromatic hydroxyl groups is 1. The fourth-order valence-corrected chi connectivity index (χ4v) is 6.61. The lowest BCUT2D eigenvalue weighted by Gasteiger charge is -2.22. The summed E-state index contributed by atoms with van der Waals surface area (Å²) in [6.45, 7) is 2.81. The number of aryl methyl sites for hydroxylation is 1. The van der Waals surface area contributed by atoms with Crippen molar-refractivity contribution in [1.29, 1.82) is 0 Å². The molecule has 1 atom stereocenters. The third-order valence-electron chi connectivity index (χ3n) is 8.87. The molecule has 3 heterocycles. The van der Waals surface area contributed by atoms with Crippen LogP contribution in [0.4, 0.5) is 19.0 Å². The highest BCUT2D eigenvalue weighted by Gasteiger charge is 2.45. The molecule has 7 rings (SSSR count). The normalized spacial score (nSPS) is 18.6. The van der Waals surface area contributed by atoms with Gasteiger partial charge in [-0.3, -0.25) is 14.9 Å². The molecule has 2 aliphatic heterocycles. The first-order valence-electron chi connectivity index (χ1n) is 14.7. The summed E-state index contributed by atoms with van der Waals surface area (Å²) in [4.78, 5) is 37.2. The van der Waals surface area contributed by atoms with Crippen LogP contribution in [0.2, 0.25) is 0 Å². The highest BCUT2D eigenvalue weighted by molar-refractivity contribution is 6.16. The lowest BCUT2D eigenvalue weighted by molar-refractivity contribution is -0.125. The van der Waals surface area contributed by atoms with Gasteiger partial charge in [0.1, 0.15) is 28.7 Å². The van der Waals surface area contributed by atoms with Crippen LogP contribution in [0.15, 0.2) is 42.1 Å². The zero-order chi connectivity index (χ0) is 31.8. The van der Waals surface area contributed by atoms with Crippen LogP contribution in [0.3, 0.4) is 0 Å². The summed E-state index contributed by atoms with van der Waals surface area (Å²) in [6.07, 6.45) is 3.57. The molecule has 232 valence electrons. The van der Waals surface area contributed by atoms with Crippen molar-refractivity contribution >= 4 is 39.3 Å². The number of rotatable bonds is 8. The molecule has 9 nitrogen and oxygen atoms in total. The van der Waals surface area contributed by atoms with Crippen molar-refractivity contribution in [2.24, 2.45) is 11.3 Å². The molecule has 3 aromatic carbocycles. The second kappa shape index (κ2) is 10.4. The minimum Gasteiger partial charge on any atom is -0.508 e. The zero-order valence-corrected chi connectivity index (χ0v) is 24.9. The predicted octanol–water partition coefficient (Wildman–Crippen LogP) is 4.83. The van der Waals surface area contributed by atoms with Gasteiger partial charge < -0.3 is 19.6 Å². The lowest BCUT2D eigenvalue weighted by atomic mass is 9.91. The number of imide groups is 1. The summed E-state index contributed by atoms with van der Waals surface area (Å²) in [5, 5.41) is 13.5. The average molecular weight is 618 g/mol. The molecule has 1 aromatic heterocycles. The van der Waals surface area contributed by atoms with Crippen molar-refractivity contribution in [2.45, 2.75) is 26.2 Å². The van der Waals surface area contributed by atoms with Crippen LogP contribution in [0.1, 0.15) is 25.3 Å². The Balaban J connectivity index is 1.43. The maximum Gasteiger partial charge on any atom is 0.319 e. The van der Waals surface area contributed by atoms with Crippen molar-refractivity contribution in [3.8, 4) is 22.9 Å². The van der Waals surface area contributed by atoms with Gasteiger partial charge >= 0.3 is 6.01 Å². The average Bonchev–Trinajstić information content (AvgIpc) is 3.49. The molecule has 45 heavy (non-hydrogen) atoms. The molecule has 3 aliphatic rings. The standard InChI is InChI=1S/C33H30F3N5O4/c1-4-18-23(34)6-5-16-9-17(42)10-19(25(16)18)26-24(35)11-20-28(27(26)36)37-32(45-15-33(7-8-33)14-40(2)3)38-29(20)41-12-21-22(13-41)31(44)39-30(21)43/h5-6,9-12,22,42H,4,7-8,13-15H2,1-3H3,(H,39,43,44). The number of amides is 2. The van der Waals surface area contributed by atoms with E-state index in [1.165, 1.54) is 35.4 Å². The number of hydrogen-bond donors (Lipinski definition) is 2. The Morgan fingerprint density at radius 1 is 1.11 bits per heavy atom. The molecule has 1 aliphatic carbocycles. The minimum absolute atomic E-state index is 0.00781. The first-order valence-corrected chi connectivity index (χ1v) is 14.7. The number of aromatic nitrogens is 2. The Bertz CT molecular complexity index is 1970. The summed E-state index contributed by atoms with van der Waals surface area (Å²) in [5.41, 5.74) is -0.397. The minimum atomic E-state index is -1.05. The summed E-state index contributed by atoms with van der Waals surface area (Å²) in [6, 6.07) is 6.27. The summed E-state index contributed by atoms with van der Waals surface area (Å²) in [7, 11) is 3.93. The number of nitrogens with zero attached hydrogens (tertiary/aromatic N) is 4. The van der Waals surface area contributed by atoms with Crippen LogP contribution in [0, 0.1) is 28.8 Å². The molecule has 2 fully saturated rings. The van der Waals surface area contributed by atoms with E-state index >= 15 is 8.78 Å². The fourth-order valence-electron chi connectivity index (χ4n) is 6.61. The summed E-state index contributed by atoms with van der Waals surface area (Å²) < 4.78 is 53.9. The van der Waals surface area contributed by atoms with E-state index in [2.05, 4.69) is 20.2 Å². The number of carbonyl (C=O) groups is 2. The van der Waals surface area contributed by atoms with E-state index in [1.807, 2.05) is 14.1 Å². The van der Waals surface area contributed by atoms with E-state index in [0.29, 0.717) is 5.39 Å². The largest absolute Gasteiger partial charge is 0.508 e. The van der Waals surface area contributed by atoms with Crippen molar-refractivity contribution in [3.63, 3.8) is 0 Å². The molecule has 0 spiro atoms. The number of ether oxygens (including phenoxy) is 1. The molecular formula is C33H30F3N5O4. The first-order chi connectivity index (χ1) is 21.5. The number of fused-ring (bicyclic) bond motifs is 3. The van der Waals surface area contributed by atoms with Gasteiger partial charge in [-0.2, -0.15) is 9.97 Å². The number of carbonyl (C=O) groups excluding carboxylic acids is 2. The van der Waals surface area contributed by atoms with Crippen LogP contribution in [0.5, 0.6) is 11.8 Å². The Kier molecular flexibility index (Phi) is 6.73. The maximum atomic E-state index is 16.8. The number of phenols is 1. The van der Waals surface area contributed by atoms with Gasteiger partial charge in [-0.25, -0.2) is 13.2 Å². The second-order valence-corrected chi connectivity index (χ2v) is 12.4. The van der Waals surface area contributed by atoms with Crippen molar-refractivity contribution < 1.29 is 32.6 Å². The van der Waals surface area contributed by atoms with Gasteiger partial charge in [-0.15, -0.1) is 0 Å². The topological polar surface area (TPSA) is 108 Å².